The first-order valence-corrected chi connectivity index (χ1v) is 13.4. The SMILES string of the molecule is CC(C)(C)OC(=O)Nc1ccc(-c2ccoc2)cc1NC(=O)c1ccc(N2CCN(C(=O)OC(C)(C)C)CC2)cn1. The maximum absolute atomic E-state index is 13.2. The zero-order chi connectivity index (χ0) is 29.8. The summed E-state index contributed by atoms with van der Waals surface area (Å²) in [5, 5.41) is 5.57. The van der Waals surface area contributed by atoms with Gasteiger partial charge in [0.2, 0.25) is 0 Å². The van der Waals surface area contributed by atoms with Gasteiger partial charge in [0.1, 0.15) is 16.9 Å². The van der Waals surface area contributed by atoms with Crippen molar-refractivity contribution in [3.63, 3.8) is 0 Å². The lowest BCUT2D eigenvalue weighted by molar-refractivity contribution is 0.0240. The van der Waals surface area contributed by atoms with Crippen molar-refractivity contribution in [2.75, 3.05) is 41.7 Å². The highest BCUT2D eigenvalue weighted by atomic mass is 16.6. The molecule has 0 bridgehead atoms. The van der Waals surface area contributed by atoms with Gasteiger partial charge in [-0.25, -0.2) is 14.6 Å². The fourth-order valence-electron chi connectivity index (χ4n) is 4.15. The van der Waals surface area contributed by atoms with Crippen LogP contribution in [-0.2, 0) is 9.47 Å². The maximum Gasteiger partial charge on any atom is 0.412 e. The molecule has 0 radical (unpaired) electrons. The van der Waals surface area contributed by atoms with E-state index in [2.05, 4.69) is 20.5 Å². The molecule has 11 nitrogen and oxygen atoms in total. The van der Waals surface area contributed by atoms with Crippen LogP contribution in [0.2, 0.25) is 0 Å². The summed E-state index contributed by atoms with van der Waals surface area (Å²) in [5.41, 5.74) is 2.19. The van der Waals surface area contributed by atoms with E-state index in [4.69, 9.17) is 13.9 Å². The number of pyridine rings is 1. The minimum atomic E-state index is -0.682. The van der Waals surface area contributed by atoms with E-state index < -0.39 is 23.2 Å². The minimum Gasteiger partial charge on any atom is -0.472 e. The van der Waals surface area contributed by atoms with E-state index in [-0.39, 0.29) is 11.8 Å². The lowest BCUT2D eigenvalue weighted by Crippen LogP contribution is -2.50. The van der Waals surface area contributed by atoms with Gasteiger partial charge in [0.05, 0.1) is 35.8 Å². The summed E-state index contributed by atoms with van der Waals surface area (Å²) in [5.74, 6) is -0.442. The molecule has 1 aliphatic heterocycles. The zero-order valence-corrected chi connectivity index (χ0v) is 24.3. The van der Waals surface area contributed by atoms with Gasteiger partial charge in [-0.05, 0) is 77.4 Å². The molecule has 1 aromatic carbocycles. The molecule has 3 amide bonds. The zero-order valence-electron chi connectivity index (χ0n) is 24.3. The summed E-state index contributed by atoms with van der Waals surface area (Å²) < 4.78 is 16.0. The summed E-state index contributed by atoms with van der Waals surface area (Å²) >= 11 is 0. The maximum atomic E-state index is 13.2. The van der Waals surface area contributed by atoms with E-state index in [1.165, 1.54) is 0 Å². The molecule has 0 atom stereocenters. The number of aromatic nitrogens is 1. The largest absolute Gasteiger partial charge is 0.472 e. The molecule has 218 valence electrons. The van der Waals surface area contributed by atoms with Crippen LogP contribution >= 0.6 is 0 Å². The number of hydrogen-bond acceptors (Lipinski definition) is 8. The number of nitrogens with zero attached hydrogens (tertiary/aromatic N) is 3. The monoisotopic (exact) mass is 563 g/mol. The topological polar surface area (TPSA) is 126 Å². The van der Waals surface area contributed by atoms with Crippen LogP contribution in [0.4, 0.5) is 26.7 Å². The molecule has 11 heteroatoms. The normalized spacial score (nSPS) is 13.9. The lowest BCUT2D eigenvalue weighted by Gasteiger charge is -2.36. The molecule has 0 spiro atoms. The molecule has 2 aromatic heterocycles. The van der Waals surface area contributed by atoms with Gasteiger partial charge in [-0.15, -0.1) is 0 Å². The number of carbonyl (C=O) groups excluding carboxylic acids is 3. The summed E-state index contributed by atoms with van der Waals surface area (Å²) in [6.07, 6.45) is 3.83. The molecule has 4 rings (SSSR count). The summed E-state index contributed by atoms with van der Waals surface area (Å²) in [7, 11) is 0. The quantitative estimate of drug-likeness (QED) is 0.387. The first-order chi connectivity index (χ1) is 19.3. The van der Waals surface area contributed by atoms with E-state index in [0.29, 0.717) is 37.6 Å². The average molecular weight is 564 g/mol. The molecule has 2 N–H and O–H groups in total. The lowest BCUT2D eigenvalue weighted by atomic mass is 10.1. The predicted molar refractivity (Wildman–Crippen MR) is 156 cm³/mol. The van der Waals surface area contributed by atoms with E-state index in [1.807, 2.05) is 32.9 Å². The highest BCUT2D eigenvalue weighted by Crippen LogP contribution is 2.30. The standard InChI is InChI=1S/C30H37N5O6/c1-29(2,3)40-27(37)33-23-9-7-20(21-11-16-39-19-21)17-25(23)32-26(36)24-10-8-22(18-31-24)34-12-14-35(15-13-34)28(38)41-30(4,5)6/h7-11,16-19H,12-15H2,1-6H3,(H,32,36)(H,33,37). The number of hydrogen-bond donors (Lipinski definition) is 2. The Kier molecular flexibility index (Phi) is 8.55. The van der Waals surface area contributed by atoms with Crippen LogP contribution < -0.4 is 15.5 Å². The highest BCUT2D eigenvalue weighted by molar-refractivity contribution is 6.06. The van der Waals surface area contributed by atoms with E-state index in [9.17, 15) is 14.4 Å². The Morgan fingerprint density at radius 3 is 2.12 bits per heavy atom. The number of piperazine rings is 1. The molecule has 3 aromatic rings. The second kappa shape index (κ2) is 11.9. The van der Waals surface area contributed by atoms with Crippen LogP contribution in [0.15, 0.2) is 59.5 Å². The number of rotatable bonds is 5. The van der Waals surface area contributed by atoms with Crippen molar-refractivity contribution in [1.82, 2.24) is 9.88 Å². The summed E-state index contributed by atoms with van der Waals surface area (Å²) in [6, 6.07) is 10.5. The van der Waals surface area contributed by atoms with E-state index in [1.54, 1.807) is 68.7 Å². The minimum absolute atomic E-state index is 0.207. The predicted octanol–water partition coefficient (Wildman–Crippen LogP) is 6.00. The van der Waals surface area contributed by atoms with Crippen LogP contribution in [0.5, 0.6) is 0 Å². The Morgan fingerprint density at radius 1 is 0.829 bits per heavy atom. The van der Waals surface area contributed by atoms with Gasteiger partial charge in [-0.1, -0.05) is 6.07 Å². The van der Waals surface area contributed by atoms with Gasteiger partial charge in [0.15, 0.2) is 0 Å². The third kappa shape index (κ3) is 8.23. The fourth-order valence-corrected chi connectivity index (χ4v) is 4.15. The second-order valence-corrected chi connectivity index (χ2v) is 11.7. The Hall–Kier alpha value is -4.54. The van der Waals surface area contributed by atoms with Crippen LogP contribution in [0.1, 0.15) is 52.0 Å². The molecular weight excluding hydrogens is 526 g/mol. The molecule has 0 aliphatic carbocycles. The molecule has 3 heterocycles. The Morgan fingerprint density at radius 2 is 1.54 bits per heavy atom. The van der Waals surface area contributed by atoms with Gasteiger partial charge >= 0.3 is 12.2 Å². The number of furan rings is 1. The molecule has 0 unspecified atom stereocenters. The van der Waals surface area contributed by atoms with Gasteiger partial charge in [-0.2, -0.15) is 0 Å². The van der Waals surface area contributed by atoms with Crippen molar-refractivity contribution in [1.29, 1.82) is 0 Å². The van der Waals surface area contributed by atoms with Crippen LogP contribution in [0.25, 0.3) is 11.1 Å². The van der Waals surface area contributed by atoms with E-state index >= 15 is 0 Å². The summed E-state index contributed by atoms with van der Waals surface area (Å²) in [4.78, 5) is 46.2. The number of anilines is 3. The van der Waals surface area contributed by atoms with Crippen molar-refractivity contribution in [3.8, 4) is 11.1 Å². The molecule has 41 heavy (non-hydrogen) atoms. The third-order valence-corrected chi connectivity index (χ3v) is 6.03. The van der Waals surface area contributed by atoms with Crippen molar-refractivity contribution < 1.29 is 28.3 Å². The smallest absolute Gasteiger partial charge is 0.412 e. The molecule has 1 fully saturated rings. The number of nitrogens with one attached hydrogen (secondary N) is 2. The van der Waals surface area contributed by atoms with Crippen LogP contribution in [0, 0.1) is 0 Å². The van der Waals surface area contributed by atoms with Crippen molar-refractivity contribution in [3.05, 3.63) is 60.8 Å². The molecule has 1 saturated heterocycles. The van der Waals surface area contributed by atoms with Gasteiger partial charge < -0.3 is 29.0 Å². The fraction of sp³-hybridized carbons (Fsp3) is 0.400. The van der Waals surface area contributed by atoms with Gasteiger partial charge in [0.25, 0.3) is 5.91 Å². The van der Waals surface area contributed by atoms with Crippen molar-refractivity contribution >= 4 is 35.2 Å². The Balaban J connectivity index is 1.44. The molecular formula is C30H37N5O6. The summed E-state index contributed by atoms with van der Waals surface area (Å²) in [6.45, 7) is 13.1. The Bertz CT molecular complexity index is 1370. The third-order valence-electron chi connectivity index (χ3n) is 6.03. The number of benzene rings is 1. The van der Waals surface area contributed by atoms with Crippen LogP contribution in [0.3, 0.4) is 0 Å². The first-order valence-electron chi connectivity index (χ1n) is 13.4. The molecule has 1 aliphatic rings. The first kappa shape index (κ1) is 29.4. The number of amides is 3. The number of carbonyl (C=O) groups is 3. The van der Waals surface area contributed by atoms with Crippen molar-refractivity contribution in [2.24, 2.45) is 0 Å². The van der Waals surface area contributed by atoms with Crippen LogP contribution in [-0.4, -0.2) is 65.4 Å². The van der Waals surface area contributed by atoms with Crippen molar-refractivity contribution in [2.45, 2.75) is 52.7 Å². The van der Waals surface area contributed by atoms with Gasteiger partial charge in [-0.3, -0.25) is 10.1 Å². The van der Waals surface area contributed by atoms with Gasteiger partial charge in [0, 0.05) is 31.7 Å². The second-order valence-electron chi connectivity index (χ2n) is 11.7. The average Bonchev–Trinajstić information content (AvgIpc) is 3.43. The number of ether oxygens (including phenoxy) is 2. The Labute approximate surface area is 239 Å². The van der Waals surface area contributed by atoms with E-state index in [0.717, 1.165) is 16.8 Å². The molecule has 0 saturated carbocycles. The highest BCUT2D eigenvalue weighted by Gasteiger charge is 2.26.